The number of fused-ring (bicyclic) bond motifs is 2. The molecule has 0 spiro atoms. The molecular weight excluding hydrogens is 550 g/mol. The molecular formula is C31H37N7O5. The first kappa shape index (κ1) is 28.8. The highest BCUT2D eigenvalue weighted by Crippen LogP contribution is 2.31. The number of carboxylic acid groups (broad SMARTS) is 1. The molecule has 2 saturated heterocycles. The molecule has 0 saturated carbocycles. The third-order valence-electron chi connectivity index (χ3n) is 8.60. The van der Waals surface area contributed by atoms with E-state index in [1.165, 1.54) is 10.5 Å². The molecule has 2 fully saturated rings. The number of nitrogens with zero attached hydrogens (tertiary/aromatic N) is 6. The van der Waals surface area contributed by atoms with Gasteiger partial charge < -0.3 is 30.3 Å². The summed E-state index contributed by atoms with van der Waals surface area (Å²) in [5.41, 5.74) is 8.89. The van der Waals surface area contributed by atoms with Crippen molar-refractivity contribution in [2.24, 2.45) is 5.73 Å². The Kier molecular flexibility index (Phi) is 8.13. The predicted octanol–water partition coefficient (Wildman–Crippen LogP) is 1.71. The normalized spacial score (nSPS) is 20.0. The number of rotatable bonds is 10. The second-order valence-corrected chi connectivity index (χ2v) is 11.7. The number of benzene rings is 2. The van der Waals surface area contributed by atoms with E-state index >= 15 is 0 Å². The number of likely N-dealkylation sites (tertiary alicyclic amines) is 1. The molecule has 0 aliphatic carbocycles. The number of anilines is 1. The molecule has 1 aromatic heterocycles. The number of carbonyl (C=O) groups excluding carboxylic acids is 2. The van der Waals surface area contributed by atoms with Gasteiger partial charge in [-0.1, -0.05) is 6.07 Å². The molecule has 3 aromatic rings. The molecule has 2 atom stereocenters. The second kappa shape index (κ2) is 12.1. The SMILES string of the molecule is CN1CCN(c2ncc3cc(CN4CCC(Oc5ccc6c(c5)CN(C(CCC(=O)O)C(N)=O)C6=O)C4)ccc3n2)CC1. The zero-order chi connectivity index (χ0) is 30.1. The van der Waals surface area contributed by atoms with E-state index < -0.39 is 17.9 Å². The topological polar surface area (TPSA) is 145 Å². The van der Waals surface area contributed by atoms with Crippen LogP contribution in [0.25, 0.3) is 10.9 Å². The summed E-state index contributed by atoms with van der Waals surface area (Å²) in [4.78, 5) is 53.7. The van der Waals surface area contributed by atoms with Crippen molar-refractivity contribution in [1.82, 2.24) is 24.7 Å². The second-order valence-electron chi connectivity index (χ2n) is 11.7. The van der Waals surface area contributed by atoms with Gasteiger partial charge in [0.05, 0.1) is 5.52 Å². The highest BCUT2D eigenvalue weighted by atomic mass is 16.5. The van der Waals surface area contributed by atoms with Crippen LogP contribution in [-0.4, -0.2) is 106 Å². The number of hydrogen-bond acceptors (Lipinski definition) is 9. The molecule has 2 unspecified atom stereocenters. The number of likely N-dealkylation sites (N-methyl/N-ethyl adjacent to an activating group) is 1. The molecule has 4 heterocycles. The van der Waals surface area contributed by atoms with Crippen LogP contribution in [0, 0.1) is 0 Å². The molecule has 2 aromatic carbocycles. The number of amides is 2. The number of piperazine rings is 1. The lowest BCUT2D eigenvalue weighted by molar-refractivity contribution is -0.137. The van der Waals surface area contributed by atoms with E-state index in [1.807, 2.05) is 12.3 Å². The molecule has 0 radical (unpaired) electrons. The maximum atomic E-state index is 13.0. The minimum Gasteiger partial charge on any atom is -0.489 e. The summed E-state index contributed by atoms with van der Waals surface area (Å²) in [5.74, 6) is -0.608. The zero-order valence-corrected chi connectivity index (χ0v) is 24.3. The number of carbonyl (C=O) groups is 3. The van der Waals surface area contributed by atoms with Gasteiger partial charge in [-0.25, -0.2) is 9.97 Å². The summed E-state index contributed by atoms with van der Waals surface area (Å²) >= 11 is 0. The average Bonchev–Trinajstić information content (AvgIpc) is 3.56. The van der Waals surface area contributed by atoms with Crippen molar-refractivity contribution in [1.29, 1.82) is 0 Å². The van der Waals surface area contributed by atoms with E-state index in [1.54, 1.807) is 12.1 Å². The van der Waals surface area contributed by atoms with E-state index in [0.717, 1.165) is 74.6 Å². The Bertz CT molecular complexity index is 1540. The number of aromatic nitrogens is 2. The summed E-state index contributed by atoms with van der Waals surface area (Å²) in [6, 6.07) is 10.7. The lowest BCUT2D eigenvalue weighted by atomic mass is 10.1. The molecule has 3 N–H and O–H groups in total. The van der Waals surface area contributed by atoms with Crippen LogP contribution in [0.3, 0.4) is 0 Å². The lowest BCUT2D eigenvalue weighted by Gasteiger charge is -2.32. The maximum Gasteiger partial charge on any atom is 0.303 e. The van der Waals surface area contributed by atoms with Crippen LogP contribution in [-0.2, 0) is 22.7 Å². The van der Waals surface area contributed by atoms with Crippen LogP contribution in [0.2, 0.25) is 0 Å². The highest BCUT2D eigenvalue weighted by molar-refractivity contribution is 6.01. The molecule has 3 aliphatic rings. The Balaban J connectivity index is 1.05. The molecule has 226 valence electrons. The van der Waals surface area contributed by atoms with E-state index in [2.05, 4.69) is 44.9 Å². The Labute approximate surface area is 250 Å². The number of ether oxygens (including phenoxy) is 1. The lowest BCUT2D eigenvalue weighted by Crippen LogP contribution is -2.45. The summed E-state index contributed by atoms with van der Waals surface area (Å²) in [6.45, 7) is 6.57. The first-order chi connectivity index (χ1) is 20.7. The molecule has 3 aliphatic heterocycles. The fourth-order valence-corrected chi connectivity index (χ4v) is 6.17. The van der Waals surface area contributed by atoms with E-state index in [-0.39, 0.29) is 31.4 Å². The molecule has 6 rings (SSSR count). The molecule has 43 heavy (non-hydrogen) atoms. The molecule has 12 heteroatoms. The van der Waals surface area contributed by atoms with E-state index in [9.17, 15) is 14.4 Å². The number of nitrogens with two attached hydrogens (primary N) is 1. The van der Waals surface area contributed by atoms with Gasteiger partial charge in [0, 0.05) is 75.9 Å². The molecule has 12 nitrogen and oxygen atoms in total. The fraction of sp³-hybridized carbons (Fsp3) is 0.452. The van der Waals surface area contributed by atoms with Crippen LogP contribution in [0.15, 0.2) is 42.6 Å². The first-order valence-corrected chi connectivity index (χ1v) is 14.8. The third kappa shape index (κ3) is 6.40. The van der Waals surface area contributed by atoms with Gasteiger partial charge in [-0.2, -0.15) is 0 Å². The van der Waals surface area contributed by atoms with Crippen molar-refractivity contribution < 1.29 is 24.2 Å². The fourth-order valence-electron chi connectivity index (χ4n) is 6.17. The quantitative estimate of drug-likeness (QED) is 0.360. The van der Waals surface area contributed by atoms with Crippen molar-refractivity contribution in [3.8, 4) is 5.75 Å². The Morgan fingerprint density at radius 3 is 2.70 bits per heavy atom. The summed E-state index contributed by atoms with van der Waals surface area (Å²) in [5, 5.41) is 10.0. The van der Waals surface area contributed by atoms with Gasteiger partial charge in [0.2, 0.25) is 11.9 Å². The first-order valence-electron chi connectivity index (χ1n) is 14.8. The minimum absolute atomic E-state index is 0.00938. The largest absolute Gasteiger partial charge is 0.489 e. The van der Waals surface area contributed by atoms with Gasteiger partial charge in [0.1, 0.15) is 17.9 Å². The van der Waals surface area contributed by atoms with Crippen LogP contribution < -0.4 is 15.4 Å². The monoisotopic (exact) mass is 587 g/mol. The molecule has 2 amide bonds. The summed E-state index contributed by atoms with van der Waals surface area (Å²) in [6.07, 6.45) is 2.55. The van der Waals surface area contributed by atoms with Crippen LogP contribution in [0.4, 0.5) is 5.95 Å². The number of carboxylic acids is 1. The predicted molar refractivity (Wildman–Crippen MR) is 160 cm³/mol. The smallest absolute Gasteiger partial charge is 0.303 e. The van der Waals surface area contributed by atoms with Crippen molar-refractivity contribution in [2.45, 2.75) is 44.5 Å². The number of primary amides is 1. The van der Waals surface area contributed by atoms with E-state index in [4.69, 9.17) is 20.6 Å². The van der Waals surface area contributed by atoms with Gasteiger partial charge in [-0.05, 0) is 61.3 Å². The van der Waals surface area contributed by atoms with Crippen molar-refractivity contribution in [3.05, 3.63) is 59.3 Å². The summed E-state index contributed by atoms with van der Waals surface area (Å²) in [7, 11) is 2.14. The average molecular weight is 588 g/mol. The van der Waals surface area contributed by atoms with E-state index in [0.29, 0.717) is 11.3 Å². The molecule has 0 bridgehead atoms. The highest BCUT2D eigenvalue weighted by Gasteiger charge is 2.36. The van der Waals surface area contributed by atoms with Gasteiger partial charge in [0.15, 0.2) is 0 Å². The number of aliphatic carboxylic acids is 1. The number of hydrogen-bond donors (Lipinski definition) is 2. The van der Waals surface area contributed by atoms with Crippen molar-refractivity contribution in [2.75, 3.05) is 51.2 Å². The van der Waals surface area contributed by atoms with Gasteiger partial charge in [0.25, 0.3) is 5.91 Å². The van der Waals surface area contributed by atoms with Gasteiger partial charge >= 0.3 is 5.97 Å². The maximum absolute atomic E-state index is 13.0. The van der Waals surface area contributed by atoms with Crippen LogP contribution in [0.1, 0.15) is 40.7 Å². The van der Waals surface area contributed by atoms with Crippen LogP contribution in [0.5, 0.6) is 5.75 Å². The zero-order valence-electron chi connectivity index (χ0n) is 24.3. The van der Waals surface area contributed by atoms with Crippen molar-refractivity contribution >= 4 is 34.6 Å². The van der Waals surface area contributed by atoms with Crippen LogP contribution >= 0.6 is 0 Å². The Hall–Kier alpha value is -4.29. The van der Waals surface area contributed by atoms with Gasteiger partial charge in [-0.15, -0.1) is 0 Å². The Morgan fingerprint density at radius 1 is 1.12 bits per heavy atom. The van der Waals surface area contributed by atoms with Crippen molar-refractivity contribution in [3.63, 3.8) is 0 Å². The third-order valence-corrected chi connectivity index (χ3v) is 8.60. The minimum atomic E-state index is -1.04. The Morgan fingerprint density at radius 2 is 1.93 bits per heavy atom. The standard InChI is InChI=1S/C31H37N7O5/c1-35-10-12-37(13-11-35)31-33-16-21-14-20(2-5-26(21)34-31)17-36-9-8-24(19-36)43-23-3-4-25-22(15-23)18-38(30(25)42)27(29(32)41)6-7-28(39)40/h2-5,14-16,24,27H,6-13,17-19H2,1H3,(H2,32,41)(H,39,40). The summed E-state index contributed by atoms with van der Waals surface area (Å²) < 4.78 is 6.31. The van der Waals surface area contributed by atoms with Gasteiger partial charge in [-0.3, -0.25) is 19.3 Å².